The summed E-state index contributed by atoms with van der Waals surface area (Å²) in [6, 6.07) is 13.4. The number of rotatable bonds is 6. The number of benzene rings is 2. The zero-order chi connectivity index (χ0) is 22.5. The monoisotopic (exact) mass is 470 g/mol. The molecule has 0 spiro atoms. The van der Waals surface area contributed by atoms with Crippen LogP contribution < -0.4 is 10.2 Å². The molecule has 1 aliphatic rings. The van der Waals surface area contributed by atoms with Gasteiger partial charge in [-0.2, -0.15) is 0 Å². The summed E-state index contributed by atoms with van der Waals surface area (Å²) in [5.74, 6) is -0.171. The quantitative estimate of drug-likeness (QED) is 0.545. The molecule has 0 radical (unpaired) electrons. The third kappa shape index (κ3) is 5.66. The van der Waals surface area contributed by atoms with Gasteiger partial charge >= 0.3 is 0 Å². The smallest absolute Gasteiger partial charge is 0.253 e. The Morgan fingerprint density at radius 2 is 1.75 bits per heavy atom. The summed E-state index contributed by atoms with van der Waals surface area (Å²) in [7, 11) is 0. The molecule has 0 atom stereocenters. The molecule has 2 aromatic carbocycles. The highest BCUT2D eigenvalue weighted by Gasteiger charge is 2.22. The van der Waals surface area contributed by atoms with Crippen molar-refractivity contribution in [2.24, 2.45) is 0 Å². The number of nitrogens with one attached hydrogen (secondary N) is 1. The molecule has 4 rings (SSSR count). The van der Waals surface area contributed by atoms with Crippen molar-refractivity contribution in [2.75, 3.05) is 42.1 Å². The third-order valence-corrected chi connectivity index (χ3v) is 7.24. The number of amides is 2. The van der Waals surface area contributed by atoms with Crippen LogP contribution in [0.5, 0.6) is 0 Å². The van der Waals surface area contributed by atoms with Gasteiger partial charge in [-0.1, -0.05) is 11.8 Å². The maximum absolute atomic E-state index is 13.1. The van der Waals surface area contributed by atoms with Gasteiger partial charge in [0.05, 0.1) is 5.75 Å². The average Bonchev–Trinajstić information content (AvgIpc) is 3.23. The standard InChI is InChI=1S/C23H23FN4O2S2/c1-16-14-31-23(25-16)32-15-21(29)26-19-6-8-20(9-7-19)27-10-12-28(13-11-27)22(30)17-2-4-18(24)5-3-17/h2-9,14H,10-13,15H2,1H3,(H,26,29). The number of anilines is 2. The fourth-order valence-corrected chi connectivity index (χ4v) is 5.07. The molecule has 1 aliphatic heterocycles. The molecule has 2 heterocycles. The Morgan fingerprint density at radius 1 is 1.06 bits per heavy atom. The SMILES string of the molecule is Cc1csc(SCC(=O)Nc2ccc(N3CCN(C(=O)c4ccc(F)cc4)CC3)cc2)n1. The number of hydrogen-bond acceptors (Lipinski definition) is 6. The van der Waals surface area contributed by atoms with E-state index >= 15 is 0 Å². The van der Waals surface area contributed by atoms with Gasteiger partial charge in [0.1, 0.15) is 5.82 Å². The minimum atomic E-state index is -0.348. The van der Waals surface area contributed by atoms with E-state index in [1.807, 2.05) is 36.6 Å². The lowest BCUT2D eigenvalue weighted by Gasteiger charge is -2.36. The Morgan fingerprint density at radius 3 is 2.38 bits per heavy atom. The predicted molar refractivity (Wildman–Crippen MR) is 127 cm³/mol. The van der Waals surface area contributed by atoms with E-state index in [0.717, 1.165) is 21.4 Å². The minimum absolute atomic E-state index is 0.0662. The van der Waals surface area contributed by atoms with E-state index in [9.17, 15) is 14.0 Å². The summed E-state index contributed by atoms with van der Waals surface area (Å²) < 4.78 is 14.0. The molecule has 0 saturated carbocycles. The van der Waals surface area contributed by atoms with Gasteiger partial charge in [0.15, 0.2) is 4.34 Å². The van der Waals surface area contributed by atoms with Gasteiger partial charge in [-0.05, 0) is 55.5 Å². The highest BCUT2D eigenvalue weighted by atomic mass is 32.2. The van der Waals surface area contributed by atoms with Crippen LogP contribution in [-0.2, 0) is 4.79 Å². The maximum atomic E-state index is 13.1. The minimum Gasteiger partial charge on any atom is -0.368 e. The summed E-state index contributed by atoms with van der Waals surface area (Å²) in [6.45, 7) is 4.56. The molecule has 0 unspecified atom stereocenters. The fourth-order valence-electron chi connectivity index (χ4n) is 3.42. The molecule has 3 aromatic rings. The van der Waals surface area contributed by atoms with Crippen LogP contribution in [0.4, 0.5) is 15.8 Å². The zero-order valence-electron chi connectivity index (χ0n) is 17.6. The summed E-state index contributed by atoms with van der Waals surface area (Å²) >= 11 is 2.98. The Balaban J connectivity index is 1.26. The molecular weight excluding hydrogens is 447 g/mol. The number of aromatic nitrogens is 1. The van der Waals surface area contributed by atoms with Crippen molar-refractivity contribution in [1.29, 1.82) is 0 Å². The van der Waals surface area contributed by atoms with Gasteiger partial charge in [-0.15, -0.1) is 11.3 Å². The van der Waals surface area contributed by atoms with Gasteiger partial charge in [0.25, 0.3) is 5.91 Å². The Labute approximate surface area is 194 Å². The largest absolute Gasteiger partial charge is 0.368 e. The number of piperazine rings is 1. The molecule has 32 heavy (non-hydrogen) atoms. The number of halogens is 1. The van der Waals surface area contributed by atoms with E-state index in [1.165, 1.54) is 36.0 Å². The van der Waals surface area contributed by atoms with Crippen molar-refractivity contribution in [3.05, 3.63) is 71.0 Å². The lowest BCUT2D eigenvalue weighted by Crippen LogP contribution is -2.48. The van der Waals surface area contributed by atoms with Gasteiger partial charge in [-0.3, -0.25) is 9.59 Å². The Bertz CT molecular complexity index is 1080. The summed E-state index contributed by atoms with van der Waals surface area (Å²) in [6.07, 6.45) is 0. The van der Waals surface area contributed by atoms with E-state index in [0.29, 0.717) is 37.5 Å². The normalized spacial score (nSPS) is 13.8. The third-order valence-electron chi connectivity index (χ3n) is 5.10. The van der Waals surface area contributed by atoms with Gasteiger partial charge in [-0.25, -0.2) is 9.37 Å². The first kappa shape index (κ1) is 22.3. The molecular formula is C23H23FN4O2S2. The molecule has 1 fully saturated rings. The van der Waals surface area contributed by atoms with Crippen LogP contribution in [0, 0.1) is 12.7 Å². The second-order valence-corrected chi connectivity index (χ2v) is 9.51. The number of hydrogen-bond donors (Lipinski definition) is 1. The lowest BCUT2D eigenvalue weighted by molar-refractivity contribution is -0.113. The molecule has 1 saturated heterocycles. The first-order valence-corrected chi connectivity index (χ1v) is 12.1. The van der Waals surface area contributed by atoms with E-state index in [2.05, 4.69) is 15.2 Å². The number of carbonyl (C=O) groups excluding carboxylic acids is 2. The predicted octanol–water partition coefficient (Wildman–Crippen LogP) is 4.28. The topological polar surface area (TPSA) is 65.5 Å². The molecule has 1 N–H and O–H groups in total. The lowest BCUT2D eigenvalue weighted by atomic mass is 10.1. The molecule has 0 aliphatic carbocycles. The highest BCUT2D eigenvalue weighted by Crippen LogP contribution is 2.23. The van der Waals surface area contributed by atoms with Gasteiger partial charge in [0, 0.05) is 54.2 Å². The molecule has 0 bridgehead atoms. The van der Waals surface area contributed by atoms with Crippen molar-refractivity contribution in [3.63, 3.8) is 0 Å². The number of nitrogens with zero attached hydrogens (tertiary/aromatic N) is 3. The van der Waals surface area contributed by atoms with E-state index in [4.69, 9.17) is 0 Å². The molecule has 6 nitrogen and oxygen atoms in total. The summed E-state index contributed by atoms with van der Waals surface area (Å²) in [5, 5.41) is 4.88. The van der Waals surface area contributed by atoms with Crippen molar-refractivity contribution >= 4 is 46.3 Å². The second kappa shape index (κ2) is 10.1. The van der Waals surface area contributed by atoms with Crippen LogP contribution in [0.1, 0.15) is 16.1 Å². The van der Waals surface area contributed by atoms with Crippen LogP contribution in [0.3, 0.4) is 0 Å². The summed E-state index contributed by atoms with van der Waals surface area (Å²) in [5.41, 5.74) is 3.27. The van der Waals surface area contributed by atoms with Crippen LogP contribution >= 0.6 is 23.1 Å². The van der Waals surface area contributed by atoms with Crippen LogP contribution in [0.25, 0.3) is 0 Å². The number of carbonyl (C=O) groups is 2. The Kier molecular flexibility index (Phi) is 7.06. The molecule has 9 heteroatoms. The van der Waals surface area contributed by atoms with Crippen molar-refractivity contribution < 1.29 is 14.0 Å². The van der Waals surface area contributed by atoms with Crippen molar-refractivity contribution in [2.45, 2.75) is 11.3 Å². The fraction of sp³-hybridized carbons (Fsp3) is 0.261. The average molecular weight is 471 g/mol. The van der Waals surface area contributed by atoms with E-state index in [-0.39, 0.29) is 17.6 Å². The maximum Gasteiger partial charge on any atom is 0.253 e. The van der Waals surface area contributed by atoms with Gasteiger partial charge < -0.3 is 15.1 Å². The van der Waals surface area contributed by atoms with Crippen molar-refractivity contribution in [1.82, 2.24) is 9.88 Å². The van der Waals surface area contributed by atoms with Gasteiger partial charge in [0.2, 0.25) is 5.91 Å². The van der Waals surface area contributed by atoms with E-state index < -0.39 is 0 Å². The van der Waals surface area contributed by atoms with Crippen LogP contribution in [0.2, 0.25) is 0 Å². The summed E-state index contributed by atoms with van der Waals surface area (Å²) in [4.78, 5) is 33.1. The van der Waals surface area contributed by atoms with Crippen LogP contribution in [0.15, 0.2) is 58.3 Å². The number of aryl methyl sites for hydroxylation is 1. The van der Waals surface area contributed by atoms with Crippen molar-refractivity contribution in [3.8, 4) is 0 Å². The highest BCUT2D eigenvalue weighted by molar-refractivity contribution is 8.01. The molecule has 166 valence electrons. The van der Waals surface area contributed by atoms with E-state index in [1.54, 1.807) is 16.2 Å². The van der Waals surface area contributed by atoms with Crippen LogP contribution in [-0.4, -0.2) is 53.6 Å². The zero-order valence-corrected chi connectivity index (χ0v) is 19.2. The molecule has 1 aromatic heterocycles. The Hall–Kier alpha value is -2.91. The second-order valence-electron chi connectivity index (χ2n) is 7.42. The first-order valence-electron chi connectivity index (χ1n) is 10.2. The number of thioether (sulfide) groups is 1. The molecule has 2 amide bonds. The first-order chi connectivity index (χ1) is 15.5. The number of thiazole rings is 1.